The van der Waals surface area contributed by atoms with Gasteiger partial charge >= 0.3 is 0 Å². The van der Waals surface area contributed by atoms with Gasteiger partial charge in [0.15, 0.2) is 6.23 Å². The second-order valence-electron chi connectivity index (χ2n) is 8.55. The molecule has 0 spiro atoms. The zero-order valence-electron chi connectivity index (χ0n) is 17.3. The van der Waals surface area contributed by atoms with Gasteiger partial charge in [0.05, 0.1) is 17.0 Å². The number of nitrogens with zero attached hydrogens (tertiary/aromatic N) is 5. The standard InChI is InChI=1S/C23H23N5O4/c29-19-17(32-23(20(19)30)28-9-7-14-11-24-12-25-21(14)28)6-4-13-3-5-15-16(10-13)26-18-2-1-8-27(18)22(15)31/h3,5,7,9-12,17,19-20,23,29-30H,1-2,4,6,8H2/t17-,19-,20-,23-/m1/s1. The van der Waals surface area contributed by atoms with E-state index >= 15 is 0 Å². The van der Waals surface area contributed by atoms with Crippen molar-refractivity contribution in [3.05, 3.63) is 64.7 Å². The van der Waals surface area contributed by atoms with Crippen molar-refractivity contribution in [1.29, 1.82) is 0 Å². The lowest BCUT2D eigenvalue weighted by Crippen LogP contribution is -2.31. The van der Waals surface area contributed by atoms with Crippen LogP contribution >= 0.6 is 0 Å². The highest BCUT2D eigenvalue weighted by atomic mass is 16.6. The molecule has 9 nitrogen and oxygen atoms in total. The van der Waals surface area contributed by atoms with E-state index in [9.17, 15) is 15.0 Å². The molecular formula is C23H23N5O4. The molecule has 0 amide bonds. The lowest BCUT2D eigenvalue weighted by atomic mass is 10.0. The molecule has 4 aromatic rings. The first-order valence-electron chi connectivity index (χ1n) is 10.9. The van der Waals surface area contributed by atoms with Gasteiger partial charge in [-0.15, -0.1) is 0 Å². The summed E-state index contributed by atoms with van der Waals surface area (Å²) in [4.78, 5) is 25.6. The Morgan fingerprint density at radius 2 is 2.09 bits per heavy atom. The zero-order valence-corrected chi connectivity index (χ0v) is 17.3. The Balaban J connectivity index is 1.21. The number of benzene rings is 1. The van der Waals surface area contributed by atoms with Gasteiger partial charge in [0, 0.05) is 30.7 Å². The molecular weight excluding hydrogens is 410 g/mol. The van der Waals surface area contributed by atoms with Crippen molar-refractivity contribution in [1.82, 2.24) is 24.1 Å². The molecule has 0 aliphatic carbocycles. The third-order valence-electron chi connectivity index (χ3n) is 6.59. The van der Waals surface area contributed by atoms with Crippen LogP contribution in [-0.4, -0.2) is 52.6 Å². The molecule has 1 fully saturated rings. The summed E-state index contributed by atoms with van der Waals surface area (Å²) in [5.74, 6) is 0.850. The number of aromatic nitrogens is 5. The monoisotopic (exact) mass is 433 g/mol. The highest BCUT2D eigenvalue weighted by Crippen LogP contribution is 2.33. The Hall–Kier alpha value is -3.14. The molecule has 0 bridgehead atoms. The summed E-state index contributed by atoms with van der Waals surface area (Å²) in [5.41, 5.74) is 2.40. The molecule has 0 unspecified atom stereocenters. The van der Waals surface area contributed by atoms with Crippen molar-refractivity contribution in [2.24, 2.45) is 0 Å². The number of fused-ring (bicyclic) bond motifs is 3. The molecule has 2 N–H and O–H groups in total. The minimum absolute atomic E-state index is 0.0253. The highest BCUT2D eigenvalue weighted by Gasteiger charge is 2.43. The second kappa shape index (κ2) is 7.47. The van der Waals surface area contributed by atoms with Gasteiger partial charge in [0.25, 0.3) is 5.56 Å². The topological polar surface area (TPSA) is 115 Å². The minimum Gasteiger partial charge on any atom is -0.388 e. The molecule has 3 aromatic heterocycles. The van der Waals surface area contributed by atoms with Crippen LogP contribution in [0.2, 0.25) is 0 Å². The smallest absolute Gasteiger partial charge is 0.261 e. The van der Waals surface area contributed by atoms with E-state index in [1.165, 1.54) is 6.33 Å². The number of ether oxygens (including phenoxy) is 1. The van der Waals surface area contributed by atoms with Crippen LogP contribution in [0, 0.1) is 0 Å². The van der Waals surface area contributed by atoms with Crippen LogP contribution < -0.4 is 5.56 Å². The number of hydrogen-bond acceptors (Lipinski definition) is 7. The van der Waals surface area contributed by atoms with Crippen molar-refractivity contribution in [3.8, 4) is 0 Å². The first kappa shape index (κ1) is 19.5. The SMILES string of the molecule is O=c1c2ccc(CC[C@H]3O[C@@H](n4ccc5cncnc54)[C@H](O)[C@@H]3O)cc2nc2n1CCC2. The first-order valence-corrected chi connectivity index (χ1v) is 10.9. The third-order valence-corrected chi connectivity index (χ3v) is 6.59. The van der Waals surface area contributed by atoms with Gasteiger partial charge in [0.1, 0.15) is 30.0 Å². The van der Waals surface area contributed by atoms with Crippen molar-refractivity contribution < 1.29 is 14.9 Å². The number of aryl methyl sites for hydroxylation is 2. The average molecular weight is 433 g/mol. The predicted molar refractivity (Wildman–Crippen MR) is 116 cm³/mol. The van der Waals surface area contributed by atoms with Crippen LogP contribution in [0.15, 0.2) is 47.8 Å². The summed E-state index contributed by atoms with van der Waals surface area (Å²) in [5, 5.41) is 22.7. The molecule has 5 heterocycles. The van der Waals surface area contributed by atoms with Crippen molar-refractivity contribution in [2.75, 3.05) is 0 Å². The van der Waals surface area contributed by atoms with E-state index in [0.29, 0.717) is 29.4 Å². The molecule has 1 aromatic carbocycles. The van der Waals surface area contributed by atoms with Crippen LogP contribution in [0.5, 0.6) is 0 Å². The van der Waals surface area contributed by atoms with E-state index < -0.39 is 24.5 Å². The molecule has 6 rings (SSSR count). The van der Waals surface area contributed by atoms with Gasteiger partial charge < -0.3 is 19.5 Å². The molecule has 2 aliphatic rings. The van der Waals surface area contributed by atoms with Crippen molar-refractivity contribution in [2.45, 2.75) is 56.8 Å². The Kier molecular flexibility index (Phi) is 4.56. The van der Waals surface area contributed by atoms with E-state index in [2.05, 4.69) is 15.0 Å². The Labute approximate surface area is 182 Å². The van der Waals surface area contributed by atoms with Crippen LogP contribution in [0.3, 0.4) is 0 Å². The molecule has 0 radical (unpaired) electrons. The molecule has 2 aliphatic heterocycles. The quantitative estimate of drug-likeness (QED) is 0.499. The lowest BCUT2D eigenvalue weighted by molar-refractivity contribution is -0.0364. The van der Waals surface area contributed by atoms with E-state index in [0.717, 1.165) is 36.2 Å². The number of aliphatic hydroxyl groups is 2. The highest BCUT2D eigenvalue weighted by molar-refractivity contribution is 5.78. The fourth-order valence-corrected chi connectivity index (χ4v) is 4.90. The van der Waals surface area contributed by atoms with Gasteiger partial charge in [0.2, 0.25) is 0 Å². The van der Waals surface area contributed by atoms with E-state index in [4.69, 9.17) is 4.74 Å². The predicted octanol–water partition coefficient (Wildman–Crippen LogP) is 1.34. The van der Waals surface area contributed by atoms with Gasteiger partial charge in [-0.25, -0.2) is 15.0 Å². The number of hydrogen-bond donors (Lipinski definition) is 2. The number of aliphatic hydroxyl groups excluding tert-OH is 2. The van der Waals surface area contributed by atoms with E-state index in [1.54, 1.807) is 21.5 Å². The largest absolute Gasteiger partial charge is 0.388 e. The van der Waals surface area contributed by atoms with Crippen LogP contribution in [0.1, 0.15) is 30.5 Å². The second-order valence-corrected chi connectivity index (χ2v) is 8.55. The minimum atomic E-state index is -1.06. The molecule has 4 atom stereocenters. The average Bonchev–Trinajstić information content (AvgIpc) is 3.51. The Morgan fingerprint density at radius 3 is 3.00 bits per heavy atom. The maximum atomic E-state index is 12.7. The normalized spacial score (nSPS) is 25.1. The third kappa shape index (κ3) is 3.04. The summed E-state index contributed by atoms with van der Waals surface area (Å²) >= 11 is 0. The molecule has 9 heteroatoms. The summed E-state index contributed by atoms with van der Waals surface area (Å²) in [6.07, 6.45) is 4.55. The fourth-order valence-electron chi connectivity index (χ4n) is 4.90. The van der Waals surface area contributed by atoms with Gasteiger partial charge in [-0.1, -0.05) is 6.07 Å². The fraction of sp³-hybridized carbons (Fsp3) is 0.391. The van der Waals surface area contributed by atoms with Crippen molar-refractivity contribution in [3.63, 3.8) is 0 Å². The molecule has 1 saturated heterocycles. The van der Waals surface area contributed by atoms with E-state index in [1.807, 2.05) is 24.3 Å². The number of rotatable bonds is 4. The summed E-state index contributed by atoms with van der Waals surface area (Å²) < 4.78 is 9.56. The molecule has 0 saturated carbocycles. The Bertz CT molecular complexity index is 1380. The van der Waals surface area contributed by atoms with Crippen LogP contribution in [0.4, 0.5) is 0 Å². The summed E-state index contributed by atoms with van der Waals surface area (Å²) in [6, 6.07) is 7.56. The van der Waals surface area contributed by atoms with Gasteiger partial charge in [-0.05, 0) is 43.0 Å². The Morgan fingerprint density at radius 1 is 1.19 bits per heavy atom. The maximum absolute atomic E-state index is 12.7. The van der Waals surface area contributed by atoms with E-state index in [-0.39, 0.29) is 5.56 Å². The van der Waals surface area contributed by atoms with Crippen molar-refractivity contribution >= 4 is 21.9 Å². The van der Waals surface area contributed by atoms with Gasteiger partial charge in [-0.2, -0.15) is 0 Å². The summed E-state index contributed by atoms with van der Waals surface area (Å²) in [7, 11) is 0. The van der Waals surface area contributed by atoms with Crippen LogP contribution in [-0.2, 0) is 24.1 Å². The summed E-state index contributed by atoms with van der Waals surface area (Å²) in [6.45, 7) is 0.738. The maximum Gasteiger partial charge on any atom is 0.261 e. The van der Waals surface area contributed by atoms with Crippen LogP contribution in [0.25, 0.3) is 21.9 Å². The zero-order chi connectivity index (χ0) is 21.8. The lowest BCUT2D eigenvalue weighted by Gasteiger charge is -2.17. The molecule has 32 heavy (non-hydrogen) atoms. The van der Waals surface area contributed by atoms with Gasteiger partial charge in [-0.3, -0.25) is 9.36 Å². The first-order chi connectivity index (χ1) is 15.6. The molecule has 164 valence electrons.